The molecule has 19 heavy (non-hydrogen) atoms. The van der Waals surface area contributed by atoms with Gasteiger partial charge in [-0.05, 0) is 30.3 Å². The lowest BCUT2D eigenvalue weighted by molar-refractivity contribution is 0.0977. The number of hydrogen-bond donors (Lipinski definition) is 0. The smallest absolute Gasteiger partial charge is 0.192 e. The van der Waals surface area contributed by atoms with E-state index < -0.39 is 0 Å². The van der Waals surface area contributed by atoms with Crippen molar-refractivity contribution in [3.8, 4) is 0 Å². The second-order valence-corrected chi connectivity index (χ2v) is 6.27. The van der Waals surface area contributed by atoms with E-state index in [4.69, 9.17) is 23.2 Å². The SMILES string of the molecule is O=C(Cn1ccc2c(Cl)cccc21)c1ccc(Cl)s1. The van der Waals surface area contributed by atoms with Gasteiger partial charge in [-0.15, -0.1) is 11.3 Å². The van der Waals surface area contributed by atoms with Crippen molar-refractivity contribution in [2.75, 3.05) is 0 Å². The number of nitrogens with zero attached hydrogens (tertiary/aromatic N) is 1. The molecule has 0 N–H and O–H groups in total. The van der Waals surface area contributed by atoms with Gasteiger partial charge in [0.2, 0.25) is 0 Å². The quantitative estimate of drug-likeness (QED) is 0.631. The van der Waals surface area contributed by atoms with Gasteiger partial charge in [-0.2, -0.15) is 0 Å². The Bertz CT molecular complexity index is 760. The third kappa shape index (κ3) is 2.41. The lowest BCUT2D eigenvalue weighted by Gasteiger charge is -2.03. The third-order valence-electron chi connectivity index (χ3n) is 2.92. The van der Waals surface area contributed by atoms with Crippen LogP contribution in [-0.2, 0) is 6.54 Å². The summed E-state index contributed by atoms with van der Waals surface area (Å²) in [5.74, 6) is 0.0503. The van der Waals surface area contributed by atoms with Crippen LogP contribution in [0.25, 0.3) is 10.9 Å². The second kappa shape index (κ2) is 5.00. The Kier molecular flexibility index (Phi) is 3.35. The Morgan fingerprint density at radius 1 is 1.16 bits per heavy atom. The first-order chi connectivity index (χ1) is 9.15. The molecule has 0 spiro atoms. The Morgan fingerprint density at radius 3 is 2.74 bits per heavy atom. The number of carbonyl (C=O) groups excluding carboxylic acids is 1. The molecular formula is C14H9Cl2NOS. The fourth-order valence-corrected chi connectivity index (χ4v) is 3.23. The normalized spacial score (nSPS) is 11.1. The van der Waals surface area contributed by atoms with E-state index in [0.717, 1.165) is 10.9 Å². The molecule has 0 amide bonds. The molecule has 0 atom stereocenters. The molecule has 2 nitrogen and oxygen atoms in total. The molecule has 2 heterocycles. The topological polar surface area (TPSA) is 22.0 Å². The number of thiophene rings is 1. The van der Waals surface area contributed by atoms with Gasteiger partial charge >= 0.3 is 0 Å². The predicted molar refractivity (Wildman–Crippen MR) is 80.6 cm³/mol. The summed E-state index contributed by atoms with van der Waals surface area (Å²) in [6, 6.07) is 11.1. The highest BCUT2D eigenvalue weighted by Crippen LogP contribution is 2.26. The molecule has 0 unspecified atom stereocenters. The molecule has 0 saturated heterocycles. The molecule has 5 heteroatoms. The van der Waals surface area contributed by atoms with Crippen LogP contribution >= 0.6 is 34.5 Å². The van der Waals surface area contributed by atoms with Crippen molar-refractivity contribution in [2.24, 2.45) is 0 Å². The minimum Gasteiger partial charge on any atom is -0.340 e. The zero-order valence-electron chi connectivity index (χ0n) is 9.77. The van der Waals surface area contributed by atoms with Crippen molar-refractivity contribution in [1.29, 1.82) is 0 Å². The van der Waals surface area contributed by atoms with Gasteiger partial charge in [0, 0.05) is 22.1 Å². The number of benzene rings is 1. The van der Waals surface area contributed by atoms with Gasteiger partial charge in [-0.25, -0.2) is 0 Å². The van der Waals surface area contributed by atoms with Crippen molar-refractivity contribution >= 4 is 51.2 Å². The number of carbonyl (C=O) groups is 1. The molecular weight excluding hydrogens is 301 g/mol. The highest BCUT2D eigenvalue weighted by Gasteiger charge is 2.11. The van der Waals surface area contributed by atoms with Crippen LogP contribution < -0.4 is 0 Å². The minimum atomic E-state index is 0.0503. The third-order valence-corrected chi connectivity index (χ3v) is 4.52. The van der Waals surface area contributed by atoms with Crippen LogP contribution in [0.3, 0.4) is 0 Å². The fraction of sp³-hybridized carbons (Fsp3) is 0.0714. The largest absolute Gasteiger partial charge is 0.340 e. The number of aromatic nitrogens is 1. The summed E-state index contributed by atoms with van der Waals surface area (Å²) in [5, 5.41) is 1.66. The highest BCUT2D eigenvalue weighted by atomic mass is 35.5. The van der Waals surface area contributed by atoms with Gasteiger partial charge in [0.1, 0.15) is 0 Å². The van der Waals surface area contributed by atoms with E-state index in [-0.39, 0.29) is 5.78 Å². The maximum Gasteiger partial charge on any atom is 0.192 e. The summed E-state index contributed by atoms with van der Waals surface area (Å²) in [6.07, 6.45) is 1.88. The van der Waals surface area contributed by atoms with Gasteiger partial charge in [0.25, 0.3) is 0 Å². The van der Waals surface area contributed by atoms with Crippen LogP contribution in [0.2, 0.25) is 9.36 Å². The zero-order chi connectivity index (χ0) is 13.4. The Morgan fingerprint density at radius 2 is 2.00 bits per heavy atom. The van der Waals surface area contributed by atoms with Crippen LogP contribution in [0.1, 0.15) is 9.67 Å². The summed E-state index contributed by atoms with van der Waals surface area (Å²) in [5.41, 5.74) is 0.962. The van der Waals surface area contributed by atoms with Crippen molar-refractivity contribution in [2.45, 2.75) is 6.54 Å². The molecule has 0 saturated carbocycles. The Hall–Kier alpha value is -1.29. The average molecular weight is 310 g/mol. The van der Waals surface area contributed by atoms with E-state index in [1.54, 1.807) is 12.1 Å². The predicted octanol–water partition coefficient (Wildman–Crippen LogP) is 4.89. The molecule has 2 aromatic heterocycles. The average Bonchev–Trinajstić information content (AvgIpc) is 2.98. The Labute approximate surface area is 124 Å². The number of rotatable bonds is 3. The number of Topliss-reactive ketones (excluding diaryl/α,β-unsaturated/α-hetero) is 1. The summed E-state index contributed by atoms with van der Waals surface area (Å²) < 4.78 is 2.53. The van der Waals surface area contributed by atoms with Gasteiger partial charge in [-0.1, -0.05) is 29.3 Å². The molecule has 0 fully saturated rings. The molecule has 0 aliphatic carbocycles. The van der Waals surface area contributed by atoms with Crippen LogP contribution in [-0.4, -0.2) is 10.4 Å². The van der Waals surface area contributed by atoms with E-state index >= 15 is 0 Å². The molecule has 0 aliphatic rings. The van der Waals surface area contributed by atoms with Gasteiger partial charge in [-0.3, -0.25) is 4.79 Å². The molecule has 1 aromatic carbocycles. The van der Waals surface area contributed by atoms with E-state index in [0.29, 0.717) is 20.8 Å². The lowest BCUT2D eigenvalue weighted by atomic mass is 10.2. The minimum absolute atomic E-state index is 0.0503. The number of fused-ring (bicyclic) bond motifs is 1. The monoisotopic (exact) mass is 309 g/mol. The van der Waals surface area contributed by atoms with Gasteiger partial charge < -0.3 is 4.57 Å². The maximum absolute atomic E-state index is 12.2. The molecule has 3 rings (SSSR count). The number of halogens is 2. The summed E-state index contributed by atoms with van der Waals surface area (Å²) >= 11 is 13.3. The Balaban J connectivity index is 1.94. The van der Waals surface area contributed by atoms with E-state index in [9.17, 15) is 4.79 Å². The number of hydrogen-bond acceptors (Lipinski definition) is 2. The first kappa shape index (κ1) is 12.7. The van der Waals surface area contributed by atoms with Gasteiger partial charge in [0.05, 0.1) is 15.8 Å². The summed E-state index contributed by atoms with van der Waals surface area (Å²) in [4.78, 5) is 12.8. The lowest BCUT2D eigenvalue weighted by Crippen LogP contribution is -2.07. The van der Waals surface area contributed by atoms with E-state index in [1.165, 1.54) is 11.3 Å². The zero-order valence-corrected chi connectivity index (χ0v) is 12.1. The van der Waals surface area contributed by atoms with Gasteiger partial charge in [0.15, 0.2) is 5.78 Å². The van der Waals surface area contributed by atoms with Crippen molar-refractivity contribution in [3.63, 3.8) is 0 Å². The van der Waals surface area contributed by atoms with Crippen molar-refractivity contribution in [3.05, 3.63) is 56.8 Å². The first-order valence-electron chi connectivity index (χ1n) is 5.67. The molecule has 0 radical (unpaired) electrons. The second-order valence-electron chi connectivity index (χ2n) is 4.14. The van der Waals surface area contributed by atoms with E-state index in [1.807, 2.05) is 35.0 Å². The summed E-state index contributed by atoms with van der Waals surface area (Å²) in [7, 11) is 0. The van der Waals surface area contributed by atoms with Crippen LogP contribution in [0.15, 0.2) is 42.6 Å². The van der Waals surface area contributed by atoms with E-state index in [2.05, 4.69) is 0 Å². The van der Waals surface area contributed by atoms with Crippen LogP contribution in [0.4, 0.5) is 0 Å². The molecule has 3 aromatic rings. The molecule has 0 bridgehead atoms. The highest BCUT2D eigenvalue weighted by molar-refractivity contribution is 7.18. The fourth-order valence-electron chi connectivity index (χ4n) is 2.02. The van der Waals surface area contributed by atoms with Crippen LogP contribution in [0.5, 0.6) is 0 Å². The summed E-state index contributed by atoms with van der Waals surface area (Å²) in [6.45, 7) is 0.292. The van der Waals surface area contributed by atoms with Crippen LogP contribution in [0, 0.1) is 0 Å². The standard InChI is InChI=1S/C14H9Cl2NOS/c15-10-2-1-3-11-9(10)6-7-17(11)8-12(18)13-4-5-14(16)19-13/h1-7H,8H2. The molecule has 96 valence electrons. The first-order valence-corrected chi connectivity index (χ1v) is 7.24. The maximum atomic E-state index is 12.2. The molecule has 0 aliphatic heterocycles. The van der Waals surface area contributed by atoms with Crippen molar-refractivity contribution < 1.29 is 4.79 Å². The number of ketones is 1. The van der Waals surface area contributed by atoms with Crippen molar-refractivity contribution in [1.82, 2.24) is 4.57 Å².